The molecule has 0 heterocycles. The van der Waals surface area contributed by atoms with Gasteiger partial charge in [-0.05, 0) is 20.0 Å². The number of rotatable bonds is 8. The minimum Gasteiger partial charge on any atom is -0.490 e. The Morgan fingerprint density at radius 3 is 2.76 bits per heavy atom. The first-order valence-corrected chi connectivity index (χ1v) is 5.91. The number of hydrogen-bond acceptors (Lipinski definition) is 3. The molecule has 0 saturated carbocycles. The topological polar surface area (TPSA) is 30.5 Å². The summed E-state index contributed by atoms with van der Waals surface area (Å²) >= 11 is 0. The third kappa shape index (κ3) is 4.23. The molecular formula is C13H20FNO2. The average molecular weight is 241 g/mol. The molecule has 0 aromatic heterocycles. The average Bonchev–Trinajstić information content (AvgIpc) is 2.33. The molecule has 1 aromatic carbocycles. The van der Waals surface area contributed by atoms with Crippen molar-refractivity contribution in [2.45, 2.75) is 19.9 Å². The van der Waals surface area contributed by atoms with Crippen LogP contribution in [0.1, 0.15) is 18.9 Å². The van der Waals surface area contributed by atoms with Crippen LogP contribution in [0.2, 0.25) is 0 Å². The number of ether oxygens (including phenoxy) is 2. The van der Waals surface area contributed by atoms with Gasteiger partial charge in [0.05, 0.1) is 19.9 Å². The van der Waals surface area contributed by atoms with Crippen LogP contribution in [-0.4, -0.2) is 26.9 Å². The van der Waals surface area contributed by atoms with Crippen LogP contribution < -0.4 is 14.8 Å². The maximum atomic E-state index is 12.1. The van der Waals surface area contributed by atoms with E-state index in [9.17, 15) is 4.39 Å². The van der Waals surface area contributed by atoms with Gasteiger partial charge in [-0.2, -0.15) is 0 Å². The lowest BCUT2D eigenvalue weighted by Gasteiger charge is -2.15. The van der Waals surface area contributed by atoms with Crippen LogP contribution in [0.4, 0.5) is 4.39 Å². The van der Waals surface area contributed by atoms with Crippen molar-refractivity contribution in [1.82, 2.24) is 5.32 Å². The monoisotopic (exact) mass is 241 g/mol. The Bertz CT molecular complexity index is 307. The standard InChI is InChI=1S/C13H20FNO2/c1-3-16-12-7-4-6-11(10-15-2)13(12)17-9-5-8-14/h4,6-7,15H,3,5,8-10H2,1-2H3. The molecule has 0 aliphatic heterocycles. The summed E-state index contributed by atoms with van der Waals surface area (Å²) in [5.74, 6) is 1.44. The Balaban J connectivity index is 2.83. The zero-order valence-electron chi connectivity index (χ0n) is 10.5. The molecule has 4 heteroatoms. The highest BCUT2D eigenvalue weighted by Crippen LogP contribution is 2.31. The quantitative estimate of drug-likeness (QED) is 0.709. The molecule has 0 unspecified atom stereocenters. The Morgan fingerprint density at radius 2 is 2.12 bits per heavy atom. The van der Waals surface area contributed by atoms with Crippen molar-refractivity contribution < 1.29 is 13.9 Å². The number of benzene rings is 1. The molecule has 96 valence electrons. The maximum absolute atomic E-state index is 12.1. The zero-order chi connectivity index (χ0) is 12.5. The van der Waals surface area contributed by atoms with E-state index in [1.54, 1.807) is 0 Å². The van der Waals surface area contributed by atoms with Gasteiger partial charge in [-0.1, -0.05) is 12.1 Å². The molecule has 0 atom stereocenters. The first-order valence-electron chi connectivity index (χ1n) is 5.91. The minimum atomic E-state index is -0.363. The van der Waals surface area contributed by atoms with Crippen LogP contribution >= 0.6 is 0 Å². The number of para-hydroxylation sites is 1. The van der Waals surface area contributed by atoms with Gasteiger partial charge >= 0.3 is 0 Å². The van der Waals surface area contributed by atoms with Crippen molar-refractivity contribution in [3.63, 3.8) is 0 Å². The van der Waals surface area contributed by atoms with Crippen molar-refractivity contribution in [1.29, 1.82) is 0 Å². The third-order valence-corrected chi connectivity index (χ3v) is 2.25. The second-order valence-corrected chi connectivity index (χ2v) is 3.60. The van der Waals surface area contributed by atoms with Crippen LogP contribution in [0, 0.1) is 0 Å². The summed E-state index contributed by atoms with van der Waals surface area (Å²) in [4.78, 5) is 0. The van der Waals surface area contributed by atoms with Crippen LogP contribution in [0.3, 0.4) is 0 Å². The van der Waals surface area contributed by atoms with Crippen molar-refractivity contribution in [2.75, 3.05) is 26.9 Å². The van der Waals surface area contributed by atoms with Gasteiger partial charge in [-0.15, -0.1) is 0 Å². The van der Waals surface area contributed by atoms with Crippen molar-refractivity contribution in [2.24, 2.45) is 0 Å². The molecule has 17 heavy (non-hydrogen) atoms. The summed E-state index contributed by atoms with van der Waals surface area (Å²) in [6.45, 7) is 3.22. The number of hydrogen-bond donors (Lipinski definition) is 1. The normalized spacial score (nSPS) is 10.3. The SMILES string of the molecule is CCOc1cccc(CNC)c1OCCCF. The Hall–Kier alpha value is -1.29. The zero-order valence-corrected chi connectivity index (χ0v) is 10.5. The maximum Gasteiger partial charge on any atom is 0.165 e. The van der Waals surface area contributed by atoms with Crippen molar-refractivity contribution >= 4 is 0 Å². The highest BCUT2D eigenvalue weighted by Gasteiger charge is 2.10. The molecule has 3 nitrogen and oxygen atoms in total. The van der Waals surface area contributed by atoms with E-state index in [2.05, 4.69) is 5.32 Å². The highest BCUT2D eigenvalue weighted by molar-refractivity contribution is 5.46. The van der Waals surface area contributed by atoms with Gasteiger partial charge in [-0.25, -0.2) is 0 Å². The lowest BCUT2D eigenvalue weighted by atomic mass is 10.2. The van der Waals surface area contributed by atoms with Crippen LogP contribution in [-0.2, 0) is 6.54 Å². The molecule has 0 aliphatic rings. The summed E-state index contributed by atoms with van der Waals surface area (Å²) in [5, 5.41) is 3.07. The first kappa shape index (κ1) is 13.8. The van der Waals surface area contributed by atoms with E-state index < -0.39 is 0 Å². The Morgan fingerprint density at radius 1 is 1.29 bits per heavy atom. The molecule has 0 saturated heterocycles. The molecule has 0 amide bonds. The fourth-order valence-electron chi connectivity index (χ4n) is 1.55. The second-order valence-electron chi connectivity index (χ2n) is 3.60. The van der Waals surface area contributed by atoms with E-state index in [4.69, 9.17) is 9.47 Å². The highest BCUT2D eigenvalue weighted by atomic mass is 19.1. The van der Waals surface area contributed by atoms with E-state index in [0.29, 0.717) is 26.2 Å². The van der Waals surface area contributed by atoms with Gasteiger partial charge in [0.2, 0.25) is 0 Å². The summed E-state index contributed by atoms with van der Waals surface area (Å²) in [7, 11) is 1.87. The van der Waals surface area contributed by atoms with Gasteiger partial charge in [0.25, 0.3) is 0 Å². The number of alkyl halides is 1. The smallest absolute Gasteiger partial charge is 0.165 e. The first-order chi connectivity index (χ1) is 8.33. The summed E-state index contributed by atoms with van der Waals surface area (Å²) < 4.78 is 23.2. The molecule has 0 radical (unpaired) electrons. The van der Waals surface area contributed by atoms with Gasteiger partial charge in [0, 0.05) is 18.5 Å². The fourth-order valence-corrected chi connectivity index (χ4v) is 1.55. The predicted molar refractivity (Wildman–Crippen MR) is 66.5 cm³/mol. The van der Waals surface area contributed by atoms with Gasteiger partial charge in [0.1, 0.15) is 0 Å². The lowest BCUT2D eigenvalue weighted by Crippen LogP contribution is -2.09. The molecule has 0 aliphatic carbocycles. The number of nitrogens with one attached hydrogen (secondary N) is 1. The molecular weight excluding hydrogens is 221 g/mol. The Kier molecular flexibility index (Phi) is 6.40. The molecule has 0 spiro atoms. The van der Waals surface area contributed by atoms with Gasteiger partial charge in [-0.3, -0.25) is 4.39 Å². The Labute approximate surface area is 102 Å². The van der Waals surface area contributed by atoms with Crippen molar-refractivity contribution in [3.8, 4) is 11.5 Å². The van der Waals surface area contributed by atoms with Crippen LogP contribution in [0.15, 0.2) is 18.2 Å². The lowest BCUT2D eigenvalue weighted by molar-refractivity contribution is 0.260. The molecule has 1 rings (SSSR count). The van der Waals surface area contributed by atoms with E-state index in [1.807, 2.05) is 32.2 Å². The molecule has 0 fully saturated rings. The molecule has 0 bridgehead atoms. The van der Waals surface area contributed by atoms with Gasteiger partial charge in [0.15, 0.2) is 11.5 Å². The summed E-state index contributed by atoms with van der Waals surface area (Å²) in [5.41, 5.74) is 1.03. The summed E-state index contributed by atoms with van der Waals surface area (Å²) in [6, 6.07) is 5.77. The van der Waals surface area contributed by atoms with Crippen LogP contribution in [0.5, 0.6) is 11.5 Å². The summed E-state index contributed by atoms with van der Waals surface area (Å²) in [6.07, 6.45) is 0.402. The fraction of sp³-hybridized carbons (Fsp3) is 0.538. The predicted octanol–water partition coefficient (Wildman–Crippen LogP) is 2.54. The van der Waals surface area contributed by atoms with Crippen LogP contribution in [0.25, 0.3) is 0 Å². The largest absolute Gasteiger partial charge is 0.490 e. The number of halogens is 1. The second kappa shape index (κ2) is 7.90. The minimum absolute atomic E-state index is 0.363. The van der Waals surface area contributed by atoms with E-state index in [-0.39, 0.29) is 6.67 Å². The van der Waals surface area contributed by atoms with E-state index >= 15 is 0 Å². The van der Waals surface area contributed by atoms with Crippen molar-refractivity contribution in [3.05, 3.63) is 23.8 Å². The van der Waals surface area contributed by atoms with E-state index in [1.165, 1.54) is 0 Å². The third-order valence-electron chi connectivity index (χ3n) is 2.25. The molecule has 1 aromatic rings. The van der Waals surface area contributed by atoms with E-state index in [0.717, 1.165) is 17.1 Å². The molecule has 1 N–H and O–H groups in total. The van der Waals surface area contributed by atoms with Gasteiger partial charge < -0.3 is 14.8 Å².